The van der Waals surface area contributed by atoms with Crippen LogP contribution in [0.4, 0.5) is 11.6 Å². The molecule has 24 heavy (non-hydrogen) atoms. The van der Waals surface area contributed by atoms with Crippen LogP contribution in [-0.4, -0.2) is 28.9 Å². The molecule has 3 aromatic rings. The Bertz CT molecular complexity index is 1020. The summed E-state index contributed by atoms with van der Waals surface area (Å²) in [4.78, 5) is 16.9. The van der Waals surface area contributed by atoms with Crippen LogP contribution in [0.2, 0.25) is 0 Å². The van der Waals surface area contributed by atoms with Gasteiger partial charge in [-0.05, 0) is 38.1 Å². The number of aryl methyl sites for hydroxylation is 2. The first-order valence-corrected chi connectivity index (χ1v) is 9.29. The van der Waals surface area contributed by atoms with Gasteiger partial charge in [0.2, 0.25) is 10.9 Å². The van der Waals surface area contributed by atoms with Gasteiger partial charge in [0.25, 0.3) is 16.0 Å². The van der Waals surface area contributed by atoms with Crippen molar-refractivity contribution in [3.05, 3.63) is 34.8 Å². The van der Waals surface area contributed by atoms with Crippen LogP contribution in [0.25, 0.3) is 4.96 Å². The molecule has 2 heterocycles. The molecule has 0 aliphatic heterocycles. The van der Waals surface area contributed by atoms with E-state index in [4.69, 9.17) is 0 Å². The minimum atomic E-state index is -3.80. The Hall–Kier alpha value is -2.46. The number of carbonyl (C=O) groups excluding carboxylic acids is 1. The topological polar surface area (TPSA) is 105 Å². The maximum Gasteiger partial charge on any atom is 0.264 e. The number of rotatable bonds is 4. The Labute approximate surface area is 142 Å². The minimum Gasteiger partial charge on any atom is -0.326 e. The van der Waals surface area contributed by atoms with E-state index >= 15 is 0 Å². The van der Waals surface area contributed by atoms with Gasteiger partial charge in [0, 0.05) is 17.5 Å². The maximum absolute atomic E-state index is 12.4. The molecule has 0 saturated carbocycles. The zero-order valence-electron chi connectivity index (χ0n) is 13.2. The summed E-state index contributed by atoms with van der Waals surface area (Å²) >= 11 is 1.44. The van der Waals surface area contributed by atoms with Crippen molar-refractivity contribution in [3.8, 4) is 0 Å². The fourth-order valence-corrected chi connectivity index (χ4v) is 3.93. The summed E-state index contributed by atoms with van der Waals surface area (Å²) < 4.78 is 28.8. The molecule has 3 rings (SSSR count). The van der Waals surface area contributed by atoms with E-state index in [0.29, 0.717) is 10.6 Å². The molecule has 0 atom stereocenters. The predicted octanol–water partition coefficient (Wildman–Crippen LogP) is 2.17. The number of thiazole rings is 1. The van der Waals surface area contributed by atoms with E-state index in [1.807, 2.05) is 13.8 Å². The van der Waals surface area contributed by atoms with Gasteiger partial charge in [0.1, 0.15) is 0 Å². The van der Waals surface area contributed by atoms with Crippen LogP contribution in [0, 0.1) is 13.8 Å². The SMILES string of the molecule is CC(=O)Nc1ccc(S(=O)(=O)Nc2nc3sc(C)c(C)n3n2)cc1. The second-order valence-electron chi connectivity index (χ2n) is 5.18. The molecular weight excluding hydrogens is 350 g/mol. The second-order valence-corrected chi connectivity index (χ2v) is 8.05. The molecular formula is C14H15N5O3S2. The van der Waals surface area contributed by atoms with Gasteiger partial charge in [0.15, 0.2) is 0 Å². The first kappa shape index (κ1) is 16.4. The largest absolute Gasteiger partial charge is 0.326 e. The Morgan fingerprint density at radius 2 is 1.88 bits per heavy atom. The van der Waals surface area contributed by atoms with Crippen LogP contribution < -0.4 is 10.0 Å². The molecule has 0 fully saturated rings. The average molecular weight is 365 g/mol. The van der Waals surface area contributed by atoms with Gasteiger partial charge >= 0.3 is 0 Å². The molecule has 0 aliphatic carbocycles. The summed E-state index contributed by atoms with van der Waals surface area (Å²) in [6, 6.07) is 5.84. The maximum atomic E-state index is 12.4. The van der Waals surface area contributed by atoms with Gasteiger partial charge in [0.05, 0.1) is 10.6 Å². The van der Waals surface area contributed by atoms with E-state index < -0.39 is 10.0 Å². The lowest BCUT2D eigenvalue weighted by Crippen LogP contribution is -2.14. The summed E-state index contributed by atoms with van der Waals surface area (Å²) in [5, 5.41) is 6.75. The highest BCUT2D eigenvalue weighted by molar-refractivity contribution is 7.92. The second kappa shape index (κ2) is 5.87. The summed E-state index contributed by atoms with van der Waals surface area (Å²) in [6.45, 7) is 5.23. The lowest BCUT2D eigenvalue weighted by Gasteiger charge is -2.06. The van der Waals surface area contributed by atoms with Crippen LogP contribution in [0.1, 0.15) is 17.5 Å². The molecule has 0 unspecified atom stereocenters. The Balaban J connectivity index is 1.85. The molecule has 0 saturated heterocycles. The van der Waals surface area contributed by atoms with Gasteiger partial charge in [-0.3, -0.25) is 4.79 Å². The Kier molecular flexibility index (Phi) is 4.01. The number of sulfonamides is 1. The predicted molar refractivity (Wildman–Crippen MR) is 91.9 cm³/mol. The van der Waals surface area contributed by atoms with E-state index in [1.165, 1.54) is 42.5 Å². The van der Waals surface area contributed by atoms with Crippen LogP contribution in [0.5, 0.6) is 0 Å². The third-order valence-corrected chi connectivity index (χ3v) is 5.75. The molecule has 2 aromatic heterocycles. The van der Waals surface area contributed by atoms with Gasteiger partial charge in [-0.2, -0.15) is 4.98 Å². The number of hydrogen-bond donors (Lipinski definition) is 2. The van der Waals surface area contributed by atoms with Crippen LogP contribution in [0.3, 0.4) is 0 Å². The molecule has 8 nitrogen and oxygen atoms in total. The summed E-state index contributed by atoms with van der Waals surface area (Å²) in [5.41, 5.74) is 1.45. The molecule has 2 N–H and O–H groups in total. The first-order valence-electron chi connectivity index (χ1n) is 6.99. The van der Waals surface area contributed by atoms with E-state index in [0.717, 1.165) is 10.6 Å². The fraction of sp³-hybridized carbons (Fsp3) is 0.214. The zero-order valence-corrected chi connectivity index (χ0v) is 14.8. The molecule has 126 valence electrons. The van der Waals surface area contributed by atoms with Crippen molar-refractivity contribution in [1.29, 1.82) is 0 Å². The quantitative estimate of drug-likeness (QED) is 0.737. The highest BCUT2D eigenvalue weighted by atomic mass is 32.2. The van der Waals surface area contributed by atoms with Crippen LogP contribution >= 0.6 is 11.3 Å². The van der Waals surface area contributed by atoms with Gasteiger partial charge in [-0.1, -0.05) is 11.3 Å². The molecule has 1 aromatic carbocycles. The highest BCUT2D eigenvalue weighted by Crippen LogP contribution is 2.22. The van der Waals surface area contributed by atoms with Crippen molar-refractivity contribution in [1.82, 2.24) is 14.6 Å². The van der Waals surface area contributed by atoms with E-state index in [-0.39, 0.29) is 16.8 Å². The number of benzene rings is 1. The number of hydrogen-bond acceptors (Lipinski definition) is 6. The third kappa shape index (κ3) is 3.10. The fourth-order valence-electron chi connectivity index (χ4n) is 2.09. The normalized spacial score (nSPS) is 11.6. The number of carbonyl (C=O) groups is 1. The molecule has 0 radical (unpaired) electrons. The minimum absolute atomic E-state index is 0.0234. The van der Waals surface area contributed by atoms with Crippen molar-refractivity contribution in [2.75, 3.05) is 10.0 Å². The number of amides is 1. The Morgan fingerprint density at radius 3 is 2.46 bits per heavy atom. The van der Waals surface area contributed by atoms with Gasteiger partial charge in [-0.25, -0.2) is 17.7 Å². The number of nitrogens with one attached hydrogen (secondary N) is 2. The van der Waals surface area contributed by atoms with Crippen LogP contribution in [0.15, 0.2) is 29.2 Å². The lowest BCUT2D eigenvalue weighted by atomic mass is 10.3. The average Bonchev–Trinajstić information content (AvgIpc) is 2.98. The molecule has 0 aliphatic rings. The molecule has 0 bridgehead atoms. The summed E-state index contributed by atoms with van der Waals surface area (Å²) in [5.74, 6) is -0.202. The number of aromatic nitrogens is 3. The van der Waals surface area contributed by atoms with Crippen molar-refractivity contribution in [3.63, 3.8) is 0 Å². The third-order valence-electron chi connectivity index (χ3n) is 3.36. The molecule has 10 heteroatoms. The first-order chi connectivity index (χ1) is 11.3. The highest BCUT2D eigenvalue weighted by Gasteiger charge is 2.18. The summed E-state index contributed by atoms with van der Waals surface area (Å²) in [7, 11) is -3.80. The van der Waals surface area contributed by atoms with Crippen LogP contribution in [-0.2, 0) is 14.8 Å². The molecule has 0 spiro atoms. The van der Waals surface area contributed by atoms with E-state index in [9.17, 15) is 13.2 Å². The Morgan fingerprint density at radius 1 is 1.21 bits per heavy atom. The van der Waals surface area contributed by atoms with Crippen molar-refractivity contribution in [2.24, 2.45) is 0 Å². The van der Waals surface area contributed by atoms with E-state index in [2.05, 4.69) is 20.1 Å². The van der Waals surface area contributed by atoms with Crippen molar-refractivity contribution < 1.29 is 13.2 Å². The van der Waals surface area contributed by atoms with Gasteiger partial charge in [-0.15, -0.1) is 5.10 Å². The van der Waals surface area contributed by atoms with E-state index in [1.54, 1.807) is 4.52 Å². The number of fused-ring (bicyclic) bond motifs is 1. The zero-order chi connectivity index (χ0) is 17.5. The monoisotopic (exact) mass is 365 g/mol. The summed E-state index contributed by atoms with van der Waals surface area (Å²) in [6.07, 6.45) is 0. The number of nitrogens with zero attached hydrogens (tertiary/aromatic N) is 3. The van der Waals surface area contributed by atoms with Gasteiger partial charge < -0.3 is 5.32 Å². The number of anilines is 2. The molecule has 1 amide bonds. The van der Waals surface area contributed by atoms with Crippen molar-refractivity contribution in [2.45, 2.75) is 25.7 Å². The van der Waals surface area contributed by atoms with Crippen molar-refractivity contribution >= 4 is 43.9 Å². The lowest BCUT2D eigenvalue weighted by molar-refractivity contribution is -0.114. The standard InChI is InChI=1S/C14H15N5O3S2/c1-8-9(2)23-14-16-13(17-19(8)14)18-24(21,22)12-6-4-11(5-7-12)15-10(3)20/h4-7H,1-3H3,(H,15,20)(H,17,18). The smallest absolute Gasteiger partial charge is 0.264 e.